The molecule has 1 saturated heterocycles. The highest BCUT2D eigenvalue weighted by Gasteiger charge is 2.79. The van der Waals surface area contributed by atoms with Gasteiger partial charge in [-0.05, 0) is 18.8 Å². The summed E-state index contributed by atoms with van der Waals surface area (Å²) in [5, 5.41) is 9.56. The first kappa shape index (κ1) is 9.45. The largest absolute Gasteiger partial charge is 0.459 e. The fraction of sp³-hybridized carbons (Fsp3) is 0.889. The number of halogens is 3. The van der Waals surface area contributed by atoms with Gasteiger partial charge < -0.3 is 9.84 Å². The van der Waals surface area contributed by atoms with Crippen molar-refractivity contribution in [1.82, 2.24) is 0 Å². The van der Waals surface area contributed by atoms with Crippen LogP contribution in [0, 0.1) is 17.3 Å². The van der Waals surface area contributed by atoms with Crippen LogP contribution in [0.2, 0.25) is 0 Å². The Morgan fingerprint density at radius 3 is 2.67 bits per heavy atom. The number of aliphatic hydroxyl groups is 1. The summed E-state index contributed by atoms with van der Waals surface area (Å²) in [6.45, 7) is 0. The van der Waals surface area contributed by atoms with Gasteiger partial charge in [0.1, 0.15) is 6.10 Å². The number of rotatable bonds is 0. The van der Waals surface area contributed by atoms with Gasteiger partial charge in [-0.15, -0.1) is 0 Å². The van der Waals surface area contributed by atoms with Crippen molar-refractivity contribution in [2.45, 2.75) is 31.2 Å². The molecule has 0 radical (unpaired) electrons. The van der Waals surface area contributed by atoms with Gasteiger partial charge in [-0.25, -0.2) is 0 Å². The smallest absolute Gasteiger partial charge is 0.405 e. The summed E-state index contributed by atoms with van der Waals surface area (Å²) < 4.78 is 43.4. The average Bonchev–Trinajstić information content (AvgIpc) is 2.66. The van der Waals surface area contributed by atoms with Gasteiger partial charge in [-0.2, -0.15) is 13.2 Å². The van der Waals surface area contributed by atoms with Gasteiger partial charge in [0.15, 0.2) is 5.41 Å². The molecule has 3 aliphatic rings. The number of hydrogen-bond donors (Lipinski definition) is 1. The van der Waals surface area contributed by atoms with Crippen LogP contribution in [0.4, 0.5) is 13.2 Å². The number of esters is 1. The Balaban J connectivity index is 2.10. The predicted molar refractivity (Wildman–Crippen MR) is 40.6 cm³/mol. The van der Waals surface area contributed by atoms with E-state index in [1.807, 2.05) is 0 Å². The molecule has 0 aromatic carbocycles. The van der Waals surface area contributed by atoms with Gasteiger partial charge in [0.25, 0.3) is 0 Å². The van der Waals surface area contributed by atoms with Gasteiger partial charge >= 0.3 is 12.1 Å². The molecular formula is C9H9F3O3. The van der Waals surface area contributed by atoms with E-state index in [9.17, 15) is 23.1 Å². The molecule has 15 heavy (non-hydrogen) atoms. The van der Waals surface area contributed by atoms with Gasteiger partial charge in [0.2, 0.25) is 0 Å². The molecule has 84 valence electrons. The molecule has 2 aliphatic carbocycles. The molecule has 3 nitrogen and oxygen atoms in total. The molecule has 5 atom stereocenters. The number of carbonyl (C=O) groups excluding carboxylic acids is 1. The lowest BCUT2D eigenvalue weighted by molar-refractivity contribution is -0.230. The van der Waals surface area contributed by atoms with Gasteiger partial charge in [-0.1, -0.05) is 0 Å². The standard InChI is InChI=1S/C9H9F3O3/c10-9(11,12)8-2-3-1-4(8)6(5(3)13)15-7(8)14/h3-6,13H,1-2H2. The molecule has 0 amide bonds. The Labute approximate surface area is 83.2 Å². The zero-order valence-electron chi connectivity index (χ0n) is 7.62. The molecule has 2 saturated carbocycles. The van der Waals surface area contributed by atoms with E-state index in [2.05, 4.69) is 4.74 Å². The summed E-state index contributed by atoms with van der Waals surface area (Å²) in [5.74, 6) is -2.50. The molecular weight excluding hydrogens is 213 g/mol. The van der Waals surface area contributed by atoms with Crippen LogP contribution >= 0.6 is 0 Å². The highest BCUT2D eigenvalue weighted by Crippen LogP contribution is 2.67. The van der Waals surface area contributed by atoms with Crippen LogP contribution in [0.15, 0.2) is 0 Å². The van der Waals surface area contributed by atoms with Gasteiger partial charge in [-0.3, -0.25) is 4.79 Å². The van der Waals surface area contributed by atoms with E-state index in [4.69, 9.17) is 0 Å². The maximum Gasteiger partial charge on any atom is 0.405 e. The monoisotopic (exact) mass is 222 g/mol. The minimum Gasteiger partial charge on any atom is -0.459 e. The van der Waals surface area contributed by atoms with Crippen molar-refractivity contribution < 1.29 is 27.8 Å². The van der Waals surface area contributed by atoms with Crippen molar-refractivity contribution in [2.75, 3.05) is 0 Å². The number of hydrogen-bond acceptors (Lipinski definition) is 3. The van der Waals surface area contributed by atoms with Crippen LogP contribution < -0.4 is 0 Å². The van der Waals surface area contributed by atoms with Crippen LogP contribution in [0.25, 0.3) is 0 Å². The summed E-state index contributed by atoms with van der Waals surface area (Å²) in [5.41, 5.74) is -2.32. The van der Waals surface area contributed by atoms with Crippen molar-refractivity contribution in [3.63, 3.8) is 0 Å². The molecule has 1 N–H and O–H groups in total. The van der Waals surface area contributed by atoms with Crippen LogP contribution in [-0.2, 0) is 9.53 Å². The third-order valence-electron chi connectivity index (χ3n) is 4.10. The topological polar surface area (TPSA) is 46.5 Å². The van der Waals surface area contributed by atoms with Crippen LogP contribution in [0.5, 0.6) is 0 Å². The van der Waals surface area contributed by atoms with E-state index < -0.39 is 41.6 Å². The van der Waals surface area contributed by atoms with E-state index in [0.29, 0.717) is 0 Å². The van der Waals surface area contributed by atoms with Gasteiger partial charge in [0, 0.05) is 5.92 Å². The average molecular weight is 222 g/mol. The lowest BCUT2D eigenvalue weighted by atomic mass is 9.73. The summed E-state index contributed by atoms with van der Waals surface area (Å²) in [6, 6.07) is 0. The second-order valence-corrected chi connectivity index (χ2v) is 4.64. The lowest BCUT2D eigenvalue weighted by Gasteiger charge is -2.31. The fourth-order valence-corrected chi connectivity index (χ4v) is 3.41. The van der Waals surface area contributed by atoms with Crippen LogP contribution in [0.1, 0.15) is 12.8 Å². The van der Waals surface area contributed by atoms with Crippen LogP contribution in [0.3, 0.4) is 0 Å². The summed E-state index contributed by atoms with van der Waals surface area (Å²) in [4.78, 5) is 11.4. The van der Waals surface area contributed by atoms with E-state index >= 15 is 0 Å². The molecule has 5 unspecified atom stereocenters. The molecule has 0 aromatic rings. The minimum absolute atomic E-state index is 0.247. The highest BCUT2D eigenvalue weighted by molar-refractivity contribution is 5.82. The Morgan fingerprint density at radius 2 is 2.13 bits per heavy atom. The molecule has 0 spiro atoms. The first-order valence-electron chi connectivity index (χ1n) is 4.84. The van der Waals surface area contributed by atoms with Crippen molar-refractivity contribution in [1.29, 1.82) is 0 Å². The third-order valence-corrected chi connectivity index (χ3v) is 4.10. The maximum atomic E-state index is 12.9. The number of carbonyl (C=O) groups is 1. The molecule has 0 aromatic heterocycles. The first-order chi connectivity index (χ1) is 6.88. The second kappa shape index (κ2) is 2.31. The molecule has 3 fully saturated rings. The molecule has 6 heteroatoms. The third kappa shape index (κ3) is 0.814. The molecule has 3 rings (SSSR count). The zero-order valence-corrected chi connectivity index (χ0v) is 7.62. The first-order valence-corrected chi connectivity index (χ1v) is 4.84. The Morgan fingerprint density at radius 1 is 1.47 bits per heavy atom. The maximum absolute atomic E-state index is 12.9. The Kier molecular flexibility index (Phi) is 1.46. The van der Waals surface area contributed by atoms with Crippen molar-refractivity contribution >= 4 is 5.97 Å². The summed E-state index contributed by atoms with van der Waals surface area (Å²) >= 11 is 0. The Bertz CT molecular complexity index is 340. The van der Waals surface area contributed by atoms with E-state index in [0.717, 1.165) is 0 Å². The highest BCUT2D eigenvalue weighted by atomic mass is 19.4. The minimum atomic E-state index is -4.56. The van der Waals surface area contributed by atoms with Crippen molar-refractivity contribution in [2.24, 2.45) is 17.3 Å². The summed E-state index contributed by atoms with van der Waals surface area (Å²) in [6.07, 6.45) is -6.46. The number of alkyl halides is 3. The lowest BCUT2D eigenvalue weighted by Crippen LogP contribution is -2.47. The number of aliphatic hydroxyl groups excluding tert-OH is 1. The van der Waals surface area contributed by atoms with E-state index in [-0.39, 0.29) is 12.8 Å². The zero-order chi connectivity index (χ0) is 11.0. The van der Waals surface area contributed by atoms with E-state index in [1.54, 1.807) is 0 Å². The number of fused-ring (bicyclic) bond motifs is 1. The van der Waals surface area contributed by atoms with Gasteiger partial charge in [0.05, 0.1) is 6.10 Å². The predicted octanol–water partition coefficient (Wildman–Crippen LogP) is 0.861. The summed E-state index contributed by atoms with van der Waals surface area (Å²) in [7, 11) is 0. The Hall–Kier alpha value is -0.780. The quantitative estimate of drug-likeness (QED) is 0.618. The molecule has 1 heterocycles. The van der Waals surface area contributed by atoms with Crippen LogP contribution in [-0.4, -0.2) is 29.5 Å². The van der Waals surface area contributed by atoms with Crippen molar-refractivity contribution in [3.05, 3.63) is 0 Å². The van der Waals surface area contributed by atoms with Crippen molar-refractivity contribution in [3.8, 4) is 0 Å². The molecule has 1 aliphatic heterocycles. The fourth-order valence-electron chi connectivity index (χ4n) is 3.41. The molecule has 2 bridgehead atoms. The van der Waals surface area contributed by atoms with E-state index in [1.165, 1.54) is 0 Å². The SMILES string of the molecule is O=C1OC2C(O)C3CC2C1(C(F)(F)F)C3. The number of ether oxygens (including phenoxy) is 1. The normalized spacial score (nSPS) is 52.4. The second-order valence-electron chi connectivity index (χ2n) is 4.64.